The van der Waals surface area contributed by atoms with Crippen molar-refractivity contribution in [3.8, 4) is 0 Å². The van der Waals surface area contributed by atoms with Crippen molar-refractivity contribution in [1.82, 2.24) is 5.32 Å². The van der Waals surface area contributed by atoms with E-state index >= 15 is 0 Å². The van der Waals surface area contributed by atoms with E-state index in [1.54, 1.807) is 6.26 Å². The first-order valence-electron chi connectivity index (χ1n) is 10.3. The van der Waals surface area contributed by atoms with Crippen LogP contribution in [0.2, 0.25) is 0 Å². The van der Waals surface area contributed by atoms with Gasteiger partial charge < -0.3 is 5.32 Å². The predicted octanol–water partition coefficient (Wildman–Crippen LogP) is 5.46. The van der Waals surface area contributed by atoms with Crippen molar-refractivity contribution in [2.75, 3.05) is 6.26 Å². The summed E-state index contributed by atoms with van der Waals surface area (Å²) in [6.45, 7) is 2.61. The van der Waals surface area contributed by atoms with Crippen LogP contribution in [0, 0.1) is 0 Å². The van der Waals surface area contributed by atoms with E-state index in [1.165, 1.54) is 0 Å². The van der Waals surface area contributed by atoms with E-state index in [9.17, 15) is 9.00 Å². The number of amides is 1. The summed E-state index contributed by atoms with van der Waals surface area (Å²) in [5.74, 6) is 0.0176. The monoisotopic (exact) mass is 427 g/mol. The summed E-state index contributed by atoms with van der Waals surface area (Å²) in [6, 6.07) is 26.0. The molecule has 1 atom stereocenters. The van der Waals surface area contributed by atoms with Gasteiger partial charge in [-0.2, -0.15) is 0 Å². The third-order valence-corrected chi connectivity index (χ3v) is 6.53. The number of rotatable bonds is 6. The first kappa shape index (κ1) is 21.0. The molecule has 1 N–H and O–H groups in total. The standard InChI is InChI=1S/C27H25NO2S/c1-19-25(16-20-12-14-22(15-13-20)31(2)30)23-10-6-7-11-24(23)26(19)17-27(29)28-18-21-8-4-3-5-9-21/h3-16H,17-18H2,1-2H3,(H,28,29). The minimum atomic E-state index is -0.987. The maximum Gasteiger partial charge on any atom is 0.224 e. The first-order chi connectivity index (χ1) is 15.0. The van der Waals surface area contributed by atoms with E-state index in [-0.39, 0.29) is 5.91 Å². The van der Waals surface area contributed by atoms with Crippen LogP contribution >= 0.6 is 0 Å². The molecule has 0 spiro atoms. The normalized spacial score (nSPS) is 15.1. The van der Waals surface area contributed by atoms with Crippen LogP contribution in [0.15, 0.2) is 89.3 Å². The Kier molecular flexibility index (Phi) is 6.28. The molecule has 1 aliphatic carbocycles. The van der Waals surface area contributed by atoms with Crippen LogP contribution in [0.4, 0.5) is 0 Å². The molecule has 1 unspecified atom stereocenters. The first-order valence-corrected chi connectivity index (χ1v) is 11.8. The van der Waals surface area contributed by atoms with Gasteiger partial charge in [0.2, 0.25) is 5.91 Å². The highest BCUT2D eigenvalue weighted by molar-refractivity contribution is 7.84. The molecular weight excluding hydrogens is 402 g/mol. The van der Waals surface area contributed by atoms with Crippen LogP contribution in [0.1, 0.15) is 35.6 Å². The molecule has 3 nitrogen and oxygen atoms in total. The van der Waals surface area contributed by atoms with E-state index in [0.29, 0.717) is 13.0 Å². The molecule has 0 aromatic heterocycles. The summed E-state index contributed by atoms with van der Waals surface area (Å²) < 4.78 is 11.7. The Morgan fingerprint density at radius 1 is 0.903 bits per heavy atom. The van der Waals surface area contributed by atoms with Crippen LogP contribution < -0.4 is 5.32 Å². The highest BCUT2D eigenvalue weighted by Crippen LogP contribution is 2.43. The van der Waals surface area contributed by atoms with Gasteiger partial charge in [-0.1, -0.05) is 66.7 Å². The van der Waals surface area contributed by atoms with E-state index in [1.807, 2.05) is 66.7 Å². The van der Waals surface area contributed by atoms with Crippen LogP contribution in [0.25, 0.3) is 17.2 Å². The quantitative estimate of drug-likeness (QED) is 0.568. The van der Waals surface area contributed by atoms with Gasteiger partial charge >= 0.3 is 0 Å². The summed E-state index contributed by atoms with van der Waals surface area (Å²) in [6.07, 6.45) is 4.18. The minimum Gasteiger partial charge on any atom is -0.352 e. The van der Waals surface area contributed by atoms with Crippen molar-refractivity contribution in [3.63, 3.8) is 0 Å². The number of hydrogen-bond acceptors (Lipinski definition) is 2. The molecule has 0 saturated carbocycles. The number of allylic oxidation sites excluding steroid dienone is 2. The van der Waals surface area contributed by atoms with Gasteiger partial charge in [0.05, 0.1) is 6.42 Å². The summed E-state index contributed by atoms with van der Waals surface area (Å²) in [5, 5.41) is 3.04. The zero-order valence-electron chi connectivity index (χ0n) is 17.7. The highest BCUT2D eigenvalue weighted by atomic mass is 32.2. The summed E-state index contributed by atoms with van der Waals surface area (Å²) >= 11 is 0. The molecule has 156 valence electrons. The fourth-order valence-corrected chi connectivity index (χ4v) is 4.42. The Balaban J connectivity index is 1.59. The van der Waals surface area contributed by atoms with Crippen molar-refractivity contribution < 1.29 is 9.00 Å². The fourth-order valence-electron chi connectivity index (χ4n) is 3.90. The van der Waals surface area contributed by atoms with E-state index < -0.39 is 10.8 Å². The van der Waals surface area contributed by atoms with Gasteiger partial charge in [0.1, 0.15) is 0 Å². The summed E-state index contributed by atoms with van der Waals surface area (Å²) in [7, 11) is -0.987. The zero-order chi connectivity index (χ0) is 21.8. The van der Waals surface area contributed by atoms with Crippen molar-refractivity contribution in [3.05, 3.63) is 107 Å². The molecule has 4 heteroatoms. The lowest BCUT2D eigenvalue weighted by molar-refractivity contribution is -0.120. The largest absolute Gasteiger partial charge is 0.352 e. The van der Waals surface area contributed by atoms with Crippen LogP contribution in [0.3, 0.4) is 0 Å². The lowest BCUT2D eigenvalue weighted by atomic mass is 10.0. The number of nitrogens with one attached hydrogen (secondary N) is 1. The Hall–Kier alpha value is -3.24. The Labute approximate surface area is 186 Å². The van der Waals surface area contributed by atoms with Gasteiger partial charge in [-0.15, -0.1) is 0 Å². The smallest absolute Gasteiger partial charge is 0.224 e. The molecule has 3 aromatic rings. The van der Waals surface area contributed by atoms with Gasteiger partial charge in [0.15, 0.2) is 0 Å². The Bertz CT molecular complexity index is 1190. The van der Waals surface area contributed by atoms with Gasteiger partial charge in [-0.05, 0) is 64.1 Å². The average molecular weight is 428 g/mol. The van der Waals surface area contributed by atoms with Crippen molar-refractivity contribution >= 4 is 33.9 Å². The number of benzene rings is 3. The molecule has 4 rings (SSSR count). The lowest BCUT2D eigenvalue weighted by Gasteiger charge is -2.08. The lowest BCUT2D eigenvalue weighted by Crippen LogP contribution is -2.22. The second-order valence-electron chi connectivity index (χ2n) is 7.67. The maximum atomic E-state index is 12.7. The van der Waals surface area contributed by atoms with Crippen LogP contribution in [0.5, 0.6) is 0 Å². The molecule has 1 amide bonds. The third kappa shape index (κ3) is 4.75. The maximum absolute atomic E-state index is 12.7. The predicted molar refractivity (Wildman–Crippen MR) is 129 cm³/mol. The molecule has 1 aliphatic rings. The molecule has 0 saturated heterocycles. The van der Waals surface area contributed by atoms with Crippen molar-refractivity contribution in [2.24, 2.45) is 0 Å². The fraction of sp³-hybridized carbons (Fsp3) is 0.148. The molecule has 3 aromatic carbocycles. The molecule has 0 radical (unpaired) electrons. The minimum absolute atomic E-state index is 0.0176. The number of hydrogen-bond donors (Lipinski definition) is 1. The molecular formula is C27H25NO2S. The topological polar surface area (TPSA) is 46.2 Å². The van der Waals surface area contributed by atoms with Crippen molar-refractivity contribution in [1.29, 1.82) is 0 Å². The summed E-state index contributed by atoms with van der Waals surface area (Å²) in [4.78, 5) is 13.5. The van der Waals surface area contributed by atoms with Gasteiger partial charge in [0, 0.05) is 28.5 Å². The van der Waals surface area contributed by atoms with Crippen molar-refractivity contribution in [2.45, 2.75) is 24.8 Å². The molecule has 0 fully saturated rings. The van der Waals surface area contributed by atoms with E-state index in [4.69, 9.17) is 0 Å². The number of carbonyl (C=O) groups excluding carboxylic acids is 1. The van der Waals surface area contributed by atoms with E-state index in [2.05, 4.69) is 30.4 Å². The van der Waals surface area contributed by atoms with Crippen LogP contribution in [-0.4, -0.2) is 16.4 Å². The second-order valence-corrected chi connectivity index (χ2v) is 9.05. The molecule has 0 aliphatic heterocycles. The number of fused-ring (bicyclic) bond motifs is 1. The molecule has 31 heavy (non-hydrogen) atoms. The average Bonchev–Trinajstić information content (AvgIpc) is 3.05. The SMILES string of the molecule is CC1=C(CC(=O)NCc2ccccc2)c2ccccc2C1=Cc1ccc(S(C)=O)cc1. The summed E-state index contributed by atoms with van der Waals surface area (Å²) in [5.41, 5.74) is 7.73. The Morgan fingerprint density at radius 3 is 2.23 bits per heavy atom. The zero-order valence-corrected chi connectivity index (χ0v) is 18.5. The van der Waals surface area contributed by atoms with Crippen LogP contribution in [-0.2, 0) is 22.1 Å². The number of carbonyl (C=O) groups is 1. The molecule has 0 bridgehead atoms. The molecule has 0 heterocycles. The highest BCUT2D eigenvalue weighted by Gasteiger charge is 2.24. The Morgan fingerprint density at radius 2 is 1.55 bits per heavy atom. The third-order valence-electron chi connectivity index (χ3n) is 5.59. The van der Waals surface area contributed by atoms with Gasteiger partial charge in [-0.25, -0.2) is 0 Å². The second kappa shape index (κ2) is 9.27. The van der Waals surface area contributed by atoms with E-state index in [0.717, 1.165) is 43.9 Å². The van der Waals surface area contributed by atoms with Gasteiger partial charge in [0.25, 0.3) is 0 Å². The van der Waals surface area contributed by atoms with Gasteiger partial charge in [-0.3, -0.25) is 9.00 Å².